The number of fused-ring (bicyclic) bond motifs is 2. The fourth-order valence-electron chi connectivity index (χ4n) is 4.30. The Morgan fingerprint density at radius 2 is 1.89 bits per heavy atom. The van der Waals surface area contributed by atoms with E-state index in [0.717, 1.165) is 23.4 Å². The highest BCUT2D eigenvalue weighted by atomic mass is 35.5. The summed E-state index contributed by atoms with van der Waals surface area (Å²) in [5, 5.41) is 1.32. The van der Waals surface area contributed by atoms with Gasteiger partial charge in [0.05, 0.1) is 5.92 Å². The van der Waals surface area contributed by atoms with E-state index in [1.807, 2.05) is 29.2 Å². The van der Waals surface area contributed by atoms with Crippen LogP contribution in [0.2, 0.25) is 10.0 Å². The molecule has 0 aromatic heterocycles. The van der Waals surface area contributed by atoms with E-state index in [-0.39, 0.29) is 18.1 Å². The van der Waals surface area contributed by atoms with Gasteiger partial charge in [0.2, 0.25) is 5.91 Å². The van der Waals surface area contributed by atoms with Gasteiger partial charge in [-0.15, -0.1) is 0 Å². The van der Waals surface area contributed by atoms with Crippen LogP contribution in [0.3, 0.4) is 0 Å². The van der Waals surface area contributed by atoms with Crippen LogP contribution in [-0.2, 0) is 16.0 Å². The van der Waals surface area contributed by atoms with Gasteiger partial charge in [-0.3, -0.25) is 9.59 Å². The molecule has 1 unspecified atom stereocenters. The molecule has 2 aliphatic rings. The molecule has 0 radical (unpaired) electrons. The van der Waals surface area contributed by atoms with Crippen molar-refractivity contribution in [2.75, 3.05) is 13.1 Å². The number of hydrogen-bond acceptors (Lipinski definition) is 2. The number of rotatable bonds is 4. The molecular formula is C23H21Cl2NO2. The zero-order valence-electron chi connectivity index (χ0n) is 15.7. The third-order valence-corrected chi connectivity index (χ3v) is 6.06. The lowest BCUT2D eigenvalue weighted by atomic mass is 9.91. The van der Waals surface area contributed by atoms with Crippen LogP contribution in [0.5, 0.6) is 0 Å². The first-order valence-corrected chi connectivity index (χ1v) is 10.2. The Balaban J connectivity index is 1.58. The molecule has 2 aromatic carbocycles. The Kier molecular flexibility index (Phi) is 5.31. The maximum absolute atomic E-state index is 13.3. The molecule has 4 rings (SSSR count). The monoisotopic (exact) mass is 413 g/mol. The normalized spacial score (nSPS) is 16.6. The smallest absolute Gasteiger partial charge is 0.230 e. The molecule has 1 amide bonds. The summed E-state index contributed by atoms with van der Waals surface area (Å²) < 4.78 is 0. The molecule has 0 bridgehead atoms. The summed E-state index contributed by atoms with van der Waals surface area (Å²) in [5.41, 5.74) is 5.91. The average Bonchev–Trinajstić information content (AvgIpc) is 3.02. The zero-order chi connectivity index (χ0) is 19.8. The van der Waals surface area contributed by atoms with Crippen molar-refractivity contribution in [3.63, 3.8) is 0 Å². The molecule has 1 atom stereocenters. The van der Waals surface area contributed by atoms with Gasteiger partial charge < -0.3 is 4.90 Å². The van der Waals surface area contributed by atoms with Crippen LogP contribution in [0.1, 0.15) is 42.4 Å². The summed E-state index contributed by atoms with van der Waals surface area (Å²) in [7, 11) is 0. The van der Waals surface area contributed by atoms with Gasteiger partial charge in [-0.05, 0) is 71.9 Å². The number of halogens is 2. The number of carbonyl (C=O) groups is 2. The molecule has 0 N–H and O–H groups in total. The van der Waals surface area contributed by atoms with E-state index in [0.29, 0.717) is 18.1 Å². The van der Waals surface area contributed by atoms with Gasteiger partial charge in [0.25, 0.3) is 0 Å². The Labute approximate surface area is 174 Å². The molecule has 0 saturated carbocycles. The minimum Gasteiger partial charge on any atom is -0.338 e. The molecule has 5 heteroatoms. The molecule has 0 fully saturated rings. The fraction of sp³-hybridized carbons (Fsp3) is 0.304. The second kappa shape index (κ2) is 7.73. The second-order valence-corrected chi connectivity index (χ2v) is 8.46. The van der Waals surface area contributed by atoms with Gasteiger partial charge in [-0.25, -0.2) is 0 Å². The summed E-state index contributed by atoms with van der Waals surface area (Å²) >= 11 is 12.3. The van der Waals surface area contributed by atoms with Crippen LogP contribution >= 0.6 is 23.2 Å². The largest absolute Gasteiger partial charge is 0.338 e. The molecule has 1 aliphatic carbocycles. The third kappa shape index (κ3) is 3.74. The molecule has 2 aromatic rings. The van der Waals surface area contributed by atoms with E-state index < -0.39 is 5.92 Å². The van der Waals surface area contributed by atoms with Gasteiger partial charge in [0, 0.05) is 29.6 Å². The van der Waals surface area contributed by atoms with Crippen molar-refractivity contribution < 1.29 is 9.59 Å². The molecule has 144 valence electrons. The van der Waals surface area contributed by atoms with Crippen molar-refractivity contribution in [3.05, 3.63) is 74.8 Å². The van der Waals surface area contributed by atoms with Crippen molar-refractivity contribution in [2.24, 2.45) is 0 Å². The first-order valence-electron chi connectivity index (χ1n) is 9.46. The predicted molar refractivity (Wildman–Crippen MR) is 113 cm³/mol. The van der Waals surface area contributed by atoms with E-state index in [1.54, 1.807) is 12.1 Å². The topological polar surface area (TPSA) is 37.4 Å². The van der Waals surface area contributed by atoms with E-state index >= 15 is 0 Å². The highest BCUT2D eigenvalue weighted by molar-refractivity contribution is 6.31. The number of ketones is 1. The lowest BCUT2D eigenvalue weighted by molar-refractivity contribution is -0.134. The standard InChI is InChI=1S/C23H21Cl2NO2/c1-14(27)9-22(15-3-2-4-18(24)11-15)23(28)26-8-7-20-17(13-26)10-16-5-6-19(25)12-21(16)20/h2-6,11-12,22H,7-10,13H2,1H3. The van der Waals surface area contributed by atoms with Crippen LogP contribution < -0.4 is 0 Å². The summed E-state index contributed by atoms with van der Waals surface area (Å²) in [4.78, 5) is 27.1. The molecular weight excluding hydrogens is 393 g/mol. The van der Waals surface area contributed by atoms with Crippen molar-refractivity contribution in [3.8, 4) is 0 Å². The SMILES string of the molecule is CC(=O)CC(C(=O)N1CCC2=C(Cc3ccc(Cl)cc32)C1)c1cccc(Cl)c1. The second-order valence-electron chi connectivity index (χ2n) is 7.58. The van der Waals surface area contributed by atoms with Crippen LogP contribution in [0.15, 0.2) is 48.0 Å². The number of nitrogens with zero attached hydrogens (tertiary/aromatic N) is 1. The van der Waals surface area contributed by atoms with Crippen molar-refractivity contribution in [2.45, 2.75) is 32.1 Å². The Morgan fingerprint density at radius 3 is 2.64 bits per heavy atom. The van der Waals surface area contributed by atoms with Crippen LogP contribution in [-0.4, -0.2) is 29.7 Å². The lowest BCUT2D eigenvalue weighted by Gasteiger charge is -2.32. The van der Waals surface area contributed by atoms with Crippen LogP contribution in [0.4, 0.5) is 0 Å². The van der Waals surface area contributed by atoms with Gasteiger partial charge >= 0.3 is 0 Å². The minimum atomic E-state index is -0.489. The highest BCUT2D eigenvalue weighted by Gasteiger charge is 2.33. The number of Topliss-reactive ketones (excluding diaryl/α,β-unsaturated/α-hetero) is 1. The first kappa shape index (κ1) is 19.2. The lowest BCUT2D eigenvalue weighted by Crippen LogP contribution is -2.40. The third-order valence-electron chi connectivity index (χ3n) is 5.59. The van der Waals surface area contributed by atoms with Gasteiger partial charge in [-0.2, -0.15) is 0 Å². The molecule has 3 nitrogen and oxygen atoms in total. The van der Waals surface area contributed by atoms with Crippen molar-refractivity contribution in [1.82, 2.24) is 4.90 Å². The fourth-order valence-corrected chi connectivity index (χ4v) is 4.67. The number of amides is 1. The van der Waals surface area contributed by atoms with E-state index in [2.05, 4.69) is 6.07 Å². The summed E-state index contributed by atoms with van der Waals surface area (Å²) in [6, 6.07) is 13.3. The zero-order valence-corrected chi connectivity index (χ0v) is 17.2. The average molecular weight is 414 g/mol. The number of carbonyl (C=O) groups excluding carboxylic acids is 2. The quantitative estimate of drug-likeness (QED) is 0.681. The van der Waals surface area contributed by atoms with Gasteiger partial charge in [0.15, 0.2) is 0 Å². The molecule has 28 heavy (non-hydrogen) atoms. The van der Waals surface area contributed by atoms with Crippen molar-refractivity contribution >= 4 is 40.5 Å². The summed E-state index contributed by atoms with van der Waals surface area (Å²) in [5.74, 6) is -0.493. The Bertz CT molecular complexity index is 996. The van der Waals surface area contributed by atoms with E-state index in [9.17, 15) is 9.59 Å². The van der Waals surface area contributed by atoms with E-state index in [1.165, 1.54) is 29.2 Å². The summed E-state index contributed by atoms with van der Waals surface area (Å²) in [6.45, 7) is 2.78. The maximum Gasteiger partial charge on any atom is 0.230 e. The Morgan fingerprint density at radius 1 is 1.11 bits per heavy atom. The Hall–Kier alpha value is -2.10. The van der Waals surface area contributed by atoms with Gasteiger partial charge in [-0.1, -0.05) is 41.4 Å². The number of hydrogen-bond donors (Lipinski definition) is 0. The van der Waals surface area contributed by atoms with Gasteiger partial charge in [0.1, 0.15) is 5.78 Å². The first-order chi connectivity index (χ1) is 13.4. The van der Waals surface area contributed by atoms with Crippen LogP contribution in [0, 0.1) is 0 Å². The van der Waals surface area contributed by atoms with E-state index in [4.69, 9.17) is 23.2 Å². The predicted octanol–water partition coefficient (Wildman–Crippen LogP) is 5.30. The molecule has 1 heterocycles. The van der Waals surface area contributed by atoms with Crippen molar-refractivity contribution in [1.29, 1.82) is 0 Å². The minimum absolute atomic E-state index is 0.00171. The number of benzene rings is 2. The molecule has 0 spiro atoms. The maximum atomic E-state index is 13.3. The molecule has 1 aliphatic heterocycles. The van der Waals surface area contributed by atoms with Crippen LogP contribution in [0.25, 0.3) is 5.57 Å². The molecule has 0 saturated heterocycles. The summed E-state index contributed by atoms with van der Waals surface area (Å²) in [6.07, 6.45) is 1.87. The highest BCUT2D eigenvalue weighted by Crippen LogP contribution is 2.40.